The highest BCUT2D eigenvalue weighted by atomic mass is 32.2. The quantitative estimate of drug-likeness (QED) is 0.721. The molecule has 0 saturated heterocycles. The summed E-state index contributed by atoms with van der Waals surface area (Å²) in [6, 6.07) is 6.25. The molecule has 5 heteroatoms. The van der Waals surface area contributed by atoms with Gasteiger partial charge in [-0.05, 0) is 36.6 Å². The van der Waals surface area contributed by atoms with Crippen molar-refractivity contribution in [1.29, 1.82) is 0 Å². The third-order valence-electron chi connectivity index (χ3n) is 2.68. The van der Waals surface area contributed by atoms with Crippen molar-refractivity contribution in [3.8, 4) is 0 Å². The summed E-state index contributed by atoms with van der Waals surface area (Å²) in [5, 5.41) is 11.6. The van der Waals surface area contributed by atoms with Crippen molar-refractivity contribution in [2.45, 2.75) is 24.7 Å². The summed E-state index contributed by atoms with van der Waals surface area (Å²) in [6.45, 7) is 2.74. The second-order valence-electron chi connectivity index (χ2n) is 4.47. The van der Waals surface area contributed by atoms with Gasteiger partial charge in [0, 0.05) is 30.2 Å². The lowest BCUT2D eigenvalue weighted by atomic mass is 10.1. The number of amides is 1. The van der Waals surface area contributed by atoms with E-state index in [-0.39, 0.29) is 18.3 Å². The van der Waals surface area contributed by atoms with Gasteiger partial charge >= 0.3 is 0 Å². The normalized spacial score (nSPS) is 12.2. The van der Waals surface area contributed by atoms with Crippen LogP contribution in [0.3, 0.4) is 0 Å². The Morgan fingerprint density at radius 3 is 2.74 bits per heavy atom. The minimum atomic E-state index is -0.250. The van der Waals surface area contributed by atoms with Gasteiger partial charge in [-0.2, -0.15) is 0 Å². The molecule has 0 bridgehead atoms. The van der Waals surface area contributed by atoms with Gasteiger partial charge in [0.15, 0.2) is 0 Å². The number of hydrogen-bond acceptors (Lipinski definition) is 3. The zero-order valence-corrected chi connectivity index (χ0v) is 11.9. The van der Waals surface area contributed by atoms with Crippen molar-refractivity contribution >= 4 is 17.7 Å². The van der Waals surface area contributed by atoms with E-state index in [1.54, 1.807) is 12.1 Å². The van der Waals surface area contributed by atoms with E-state index in [0.717, 1.165) is 4.90 Å². The predicted molar refractivity (Wildman–Crippen MR) is 75.6 cm³/mol. The molecular weight excluding hydrogens is 265 g/mol. The number of carbonyl (C=O) groups excluding carboxylic acids is 1. The van der Waals surface area contributed by atoms with Crippen LogP contribution in [0.5, 0.6) is 0 Å². The highest BCUT2D eigenvalue weighted by Gasteiger charge is 2.05. The number of carbonyl (C=O) groups is 1. The van der Waals surface area contributed by atoms with Gasteiger partial charge in [-0.1, -0.05) is 6.92 Å². The zero-order valence-electron chi connectivity index (χ0n) is 11.1. The lowest BCUT2D eigenvalue weighted by molar-refractivity contribution is -0.120. The molecule has 0 aliphatic carbocycles. The summed E-state index contributed by atoms with van der Waals surface area (Å²) < 4.78 is 12.7. The van der Waals surface area contributed by atoms with E-state index in [2.05, 4.69) is 5.32 Å². The second-order valence-corrected chi connectivity index (χ2v) is 5.64. The van der Waals surface area contributed by atoms with Gasteiger partial charge in [0.2, 0.25) is 5.91 Å². The molecule has 1 aromatic carbocycles. The van der Waals surface area contributed by atoms with Gasteiger partial charge in [-0.3, -0.25) is 4.79 Å². The van der Waals surface area contributed by atoms with Crippen molar-refractivity contribution in [3.63, 3.8) is 0 Å². The molecule has 0 aromatic heterocycles. The first-order valence-corrected chi connectivity index (χ1v) is 7.36. The van der Waals surface area contributed by atoms with Crippen LogP contribution in [0.4, 0.5) is 4.39 Å². The standard InChI is InChI=1S/C14H20FNO2S/c1-11(6-8-17)10-16-14(18)7-9-19-13-4-2-12(15)3-5-13/h2-5,11,17H,6-10H2,1H3,(H,16,18). The zero-order chi connectivity index (χ0) is 14.1. The lowest BCUT2D eigenvalue weighted by Gasteiger charge is -2.10. The Hall–Kier alpha value is -1.07. The fraction of sp³-hybridized carbons (Fsp3) is 0.500. The third kappa shape index (κ3) is 7.18. The number of aliphatic hydroxyl groups excluding tert-OH is 1. The molecular formula is C14H20FNO2S. The van der Waals surface area contributed by atoms with E-state index >= 15 is 0 Å². The topological polar surface area (TPSA) is 49.3 Å². The summed E-state index contributed by atoms with van der Waals surface area (Å²) in [5.74, 6) is 0.726. The average Bonchev–Trinajstić information content (AvgIpc) is 2.39. The number of thioether (sulfide) groups is 1. The van der Waals surface area contributed by atoms with Crippen molar-refractivity contribution in [2.24, 2.45) is 5.92 Å². The molecule has 1 unspecified atom stereocenters. The predicted octanol–water partition coefficient (Wildman–Crippen LogP) is 2.44. The molecule has 0 aliphatic rings. The van der Waals surface area contributed by atoms with E-state index in [4.69, 9.17) is 5.11 Å². The van der Waals surface area contributed by atoms with Crippen LogP contribution in [-0.4, -0.2) is 29.9 Å². The van der Waals surface area contributed by atoms with E-state index < -0.39 is 0 Å². The van der Waals surface area contributed by atoms with Crippen LogP contribution in [0.25, 0.3) is 0 Å². The van der Waals surface area contributed by atoms with Crippen molar-refractivity contribution < 1.29 is 14.3 Å². The van der Waals surface area contributed by atoms with Crippen LogP contribution in [0.2, 0.25) is 0 Å². The van der Waals surface area contributed by atoms with E-state index in [1.165, 1.54) is 23.9 Å². The Morgan fingerprint density at radius 1 is 1.42 bits per heavy atom. The maximum absolute atomic E-state index is 12.7. The minimum absolute atomic E-state index is 0.0133. The van der Waals surface area contributed by atoms with Crippen LogP contribution in [-0.2, 0) is 4.79 Å². The summed E-state index contributed by atoms with van der Waals surface area (Å²) in [5.41, 5.74) is 0. The molecule has 3 nitrogen and oxygen atoms in total. The summed E-state index contributed by atoms with van der Waals surface area (Å²) in [4.78, 5) is 12.5. The molecule has 19 heavy (non-hydrogen) atoms. The second kappa shape index (κ2) is 8.93. The summed E-state index contributed by atoms with van der Waals surface area (Å²) >= 11 is 1.53. The fourth-order valence-corrected chi connectivity index (χ4v) is 2.34. The van der Waals surface area contributed by atoms with Crippen LogP contribution in [0, 0.1) is 11.7 Å². The van der Waals surface area contributed by atoms with Crippen molar-refractivity contribution in [3.05, 3.63) is 30.1 Å². The van der Waals surface area contributed by atoms with Crippen LogP contribution in [0.1, 0.15) is 19.8 Å². The van der Waals surface area contributed by atoms with Crippen molar-refractivity contribution in [2.75, 3.05) is 18.9 Å². The molecule has 0 heterocycles. The van der Waals surface area contributed by atoms with Gasteiger partial charge in [-0.25, -0.2) is 4.39 Å². The van der Waals surface area contributed by atoms with Crippen molar-refractivity contribution in [1.82, 2.24) is 5.32 Å². The molecule has 2 N–H and O–H groups in total. The number of rotatable bonds is 8. The molecule has 0 radical (unpaired) electrons. The molecule has 1 atom stereocenters. The first-order chi connectivity index (χ1) is 9.11. The Labute approximate surface area is 117 Å². The number of hydrogen-bond donors (Lipinski definition) is 2. The fourth-order valence-electron chi connectivity index (χ4n) is 1.49. The highest BCUT2D eigenvalue weighted by molar-refractivity contribution is 7.99. The number of benzene rings is 1. The third-order valence-corrected chi connectivity index (χ3v) is 3.69. The Kier molecular flexibility index (Phi) is 7.52. The molecule has 0 fully saturated rings. The highest BCUT2D eigenvalue weighted by Crippen LogP contribution is 2.18. The maximum atomic E-state index is 12.7. The molecule has 0 aliphatic heterocycles. The summed E-state index contributed by atoms with van der Waals surface area (Å²) in [6.07, 6.45) is 1.14. The largest absolute Gasteiger partial charge is 0.396 e. The molecule has 106 valence electrons. The van der Waals surface area contributed by atoms with Crippen LogP contribution >= 0.6 is 11.8 Å². The molecule has 0 spiro atoms. The lowest BCUT2D eigenvalue weighted by Crippen LogP contribution is -2.28. The molecule has 1 aromatic rings. The van der Waals surface area contributed by atoms with Crippen LogP contribution < -0.4 is 5.32 Å². The average molecular weight is 285 g/mol. The molecule has 1 amide bonds. The number of halogens is 1. The maximum Gasteiger partial charge on any atom is 0.220 e. The van der Waals surface area contributed by atoms with E-state index in [0.29, 0.717) is 31.1 Å². The molecule has 0 saturated carbocycles. The smallest absolute Gasteiger partial charge is 0.220 e. The van der Waals surface area contributed by atoms with Gasteiger partial charge in [0.1, 0.15) is 5.82 Å². The van der Waals surface area contributed by atoms with E-state index in [9.17, 15) is 9.18 Å². The monoisotopic (exact) mass is 285 g/mol. The first kappa shape index (κ1) is 16.0. The van der Waals surface area contributed by atoms with E-state index in [1.807, 2.05) is 6.92 Å². The SMILES string of the molecule is CC(CCO)CNC(=O)CCSc1ccc(F)cc1. The first-order valence-electron chi connectivity index (χ1n) is 6.37. The van der Waals surface area contributed by atoms with Gasteiger partial charge < -0.3 is 10.4 Å². The minimum Gasteiger partial charge on any atom is -0.396 e. The number of aliphatic hydroxyl groups is 1. The molecule has 1 rings (SSSR count). The Balaban J connectivity index is 2.15. The van der Waals surface area contributed by atoms with Gasteiger partial charge in [0.25, 0.3) is 0 Å². The Bertz CT molecular complexity index is 384. The van der Waals surface area contributed by atoms with Crippen LogP contribution in [0.15, 0.2) is 29.2 Å². The Morgan fingerprint density at radius 2 is 2.11 bits per heavy atom. The summed E-state index contributed by atoms with van der Waals surface area (Å²) in [7, 11) is 0. The number of nitrogens with one attached hydrogen (secondary N) is 1. The van der Waals surface area contributed by atoms with Gasteiger partial charge in [0.05, 0.1) is 0 Å². The van der Waals surface area contributed by atoms with Gasteiger partial charge in [-0.15, -0.1) is 11.8 Å².